The fourth-order valence-corrected chi connectivity index (χ4v) is 3.53. The molecule has 33 heavy (non-hydrogen) atoms. The number of carbonyl (C=O) groups excluding carboxylic acids is 3. The maximum Gasteiger partial charge on any atom is 1.00 e. The summed E-state index contributed by atoms with van der Waals surface area (Å²) in [4.78, 5) is 39.5. The Balaban J connectivity index is 0.00000306. The average Bonchev–Trinajstić information content (AvgIpc) is 3.20. The van der Waals surface area contributed by atoms with Crippen LogP contribution in [0, 0.1) is 0 Å². The van der Waals surface area contributed by atoms with Gasteiger partial charge in [-0.05, 0) is 41.5 Å². The molecule has 162 valence electrons. The second-order valence-corrected chi connectivity index (χ2v) is 7.21. The third kappa shape index (κ3) is 5.16. The van der Waals surface area contributed by atoms with Crippen LogP contribution < -0.4 is 45.7 Å². The zero-order valence-electron chi connectivity index (χ0n) is 17.7. The molecule has 0 spiro atoms. The van der Waals surface area contributed by atoms with E-state index in [1.54, 1.807) is 42.5 Å². The van der Waals surface area contributed by atoms with Gasteiger partial charge in [-0.1, -0.05) is 24.3 Å². The number of aromatic hydroxyl groups is 1. The van der Waals surface area contributed by atoms with E-state index in [1.165, 1.54) is 12.1 Å². The molecule has 1 saturated heterocycles. The summed E-state index contributed by atoms with van der Waals surface area (Å²) in [5.41, 5.74) is 7.28. The monoisotopic (exact) mass is 455 g/mol. The van der Waals surface area contributed by atoms with E-state index >= 15 is 0 Å². The topological polar surface area (TPSA) is 155 Å². The third-order valence-electron chi connectivity index (χ3n) is 5.05. The van der Waals surface area contributed by atoms with Gasteiger partial charge in [0.05, 0.1) is 11.7 Å². The van der Waals surface area contributed by atoms with Gasteiger partial charge in [-0.25, -0.2) is 4.98 Å². The average molecular weight is 455 g/mol. The molecule has 1 aliphatic heterocycles. The molecule has 1 aliphatic rings. The minimum atomic E-state index is -1.51. The first-order valence-corrected chi connectivity index (χ1v) is 9.74. The molecule has 0 radical (unpaired) electrons. The van der Waals surface area contributed by atoms with Crippen molar-refractivity contribution < 1.29 is 58.9 Å². The van der Waals surface area contributed by atoms with E-state index in [0.29, 0.717) is 23.2 Å². The Morgan fingerprint density at radius 1 is 1.12 bits per heavy atom. The number of hydrogen-bond acceptors (Lipinski definition) is 8. The van der Waals surface area contributed by atoms with Crippen LogP contribution in [0.4, 0.5) is 11.5 Å². The Morgan fingerprint density at radius 3 is 2.55 bits per heavy atom. The molecule has 0 aliphatic carbocycles. The van der Waals surface area contributed by atoms with Crippen molar-refractivity contribution in [2.45, 2.75) is 18.9 Å². The summed E-state index contributed by atoms with van der Waals surface area (Å²) in [5.74, 6) is -2.73. The number of carboxylic acids is 1. The second-order valence-electron chi connectivity index (χ2n) is 7.21. The number of carboxylic acid groups (broad SMARTS) is 1. The molecule has 1 unspecified atom stereocenters. The molecule has 4 N–H and O–H groups in total. The van der Waals surface area contributed by atoms with Crippen LogP contribution in [0.2, 0.25) is 0 Å². The molecular formula is C23H18N3NaO6. The first-order chi connectivity index (χ1) is 15.3. The number of pyridine rings is 1. The quantitative estimate of drug-likeness (QED) is 0.317. The Hall–Kier alpha value is -3.40. The summed E-state index contributed by atoms with van der Waals surface area (Å²) in [6.07, 6.45) is -0.392. The van der Waals surface area contributed by atoms with Crippen molar-refractivity contribution in [1.29, 1.82) is 0 Å². The van der Waals surface area contributed by atoms with Gasteiger partial charge in [-0.3, -0.25) is 9.59 Å². The second kappa shape index (κ2) is 10.0. The molecule has 1 aromatic heterocycles. The van der Waals surface area contributed by atoms with Crippen molar-refractivity contribution in [3.63, 3.8) is 0 Å². The first-order valence-electron chi connectivity index (χ1n) is 9.74. The van der Waals surface area contributed by atoms with E-state index in [9.17, 15) is 24.6 Å². The molecule has 10 heteroatoms. The zero-order valence-corrected chi connectivity index (χ0v) is 19.7. The van der Waals surface area contributed by atoms with E-state index in [1.807, 2.05) is 0 Å². The summed E-state index contributed by atoms with van der Waals surface area (Å²) in [7, 11) is 0. The molecule has 3 aromatic rings. The minimum absolute atomic E-state index is 0. The summed E-state index contributed by atoms with van der Waals surface area (Å²) in [6.45, 7) is 0. The third-order valence-corrected chi connectivity index (χ3v) is 5.05. The van der Waals surface area contributed by atoms with Gasteiger partial charge in [-0.15, -0.1) is 0 Å². The van der Waals surface area contributed by atoms with Crippen molar-refractivity contribution >= 4 is 29.4 Å². The number of benzene rings is 2. The molecule has 2 aromatic carbocycles. The van der Waals surface area contributed by atoms with Gasteiger partial charge < -0.3 is 30.8 Å². The van der Waals surface area contributed by atoms with Crippen molar-refractivity contribution in [3.05, 3.63) is 60.2 Å². The van der Waals surface area contributed by atoms with Crippen LogP contribution in [0.15, 0.2) is 54.6 Å². The smallest absolute Gasteiger partial charge is 0.545 e. The van der Waals surface area contributed by atoms with Crippen molar-refractivity contribution in [1.82, 2.24) is 4.98 Å². The van der Waals surface area contributed by atoms with Crippen LogP contribution in [-0.4, -0.2) is 34.0 Å². The molecule has 2 heterocycles. The number of para-hydroxylation sites is 1. The molecule has 0 bridgehead atoms. The van der Waals surface area contributed by atoms with E-state index in [-0.39, 0.29) is 64.4 Å². The maximum atomic E-state index is 12.4. The standard InChI is InChI=1S/C23H19N3O6.Na/c24-21-20(23(30)31)15(11-16(26-21)14-6-1-2-7-17(14)27)12-4-3-5-13(10-12)25-22(29)18-8-9-19(28)32-18;/h1-7,10-11,18,27H,8-9H2,(H2,24,26)(H,25,29)(H,30,31);/q;+1/p-1. The largest absolute Gasteiger partial charge is 1.00 e. The fourth-order valence-electron chi connectivity index (χ4n) is 3.53. The van der Waals surface area contributed by atoms with Crippen LogP contribution >= 0.6 is 0 Å². The van der Waals surface area contributed by atoms with Gasteiger partial charge in [0, 0.05) is 29.7 Å². The van der Waals surface area contributed by atoms with E-state index in [0.717, 1.165) is 0 Å². The number of phenols is 1. The van der Waals surface area contributed by atoms with Crippen LogP contribution in [0.3, 0.4) is 0 Å². The van der Waals surface area contributed by atoms with Crippen molar-refractivity contribution in [3.8, 4) is 28.1 Å². The molecule has 1 atom stereocenters. The number of ether oxygens (including phenoxy) is 1. The molecule has 4 rings (SSSR count). The van der Waals surface area contributed by atoms with Crippen molar-refractivity contribution in [2.24, 2.45) is 0 Å². The van der Waals surface area contributed by atoms with E-state index in [4.69, 9.17) is 10.5 Å². The van der Waals surface area contributed by atoms with Crippen molar-refractivity contribution in [2.75, 3.05) is 11.1 Å². The summed E-state index contributed by atoms with van der Waals surface area (Å²) >= 11 is 0. The zero-order chi connectivity index (χ0) is 22.8. The number of rotatable bonds is 5. The Bertz CT molecular complexity index is 1250. The molecule has 0 saturated carbocycles. The molecule has 1 amide bonds. The first kappa shape index (κ1) is 24.2. The number of aromatic carboxylic acids is 1. The van der Waals surface area contributed by atoms with Crippen LogP contribution in [0.1, 0.15) is 23.2 Å². The summed E-state index contributed by atoms with van der Waals surface area (Å²) in [5, 5.41) is 24.6. The number of cyclic esters (lactones) is 1. The fraction of sp³-hybridized carbons (Fsp3) is 0.130. The van der Waals surface area contributed by atoms with Gasteiger partial charge in [0.25, 0.3) is 5.91 Å². The van der Waals surface area contributed by atoms with Gasteiger partial charge in [0.15, 0.2) is 6.10 Å². The predicted octanol–water partition coefficient (Wildman–Crippen LogP) is -1.28. The number of nitrogens with zero attached hydrogens (tertiary/aromatic N) is 1. The summed E-state index contributed by atoms with van der Waals surface area (Å²) in [6, 6.07) is 14.4. The molecule has 1 fully saturated rings. The molecular weight excluding hydrogens is 437 g/mol. The van der Waals surface area contributed by atoms with E-state index in [2.05, 4.69) is 10.3 Å². The van der Waals surface area contributed by atoms with Crippen LogP contribution in [0.5, 0.6) is 5.75 Å². The normalized spacial score (nSPS) is 14.8. The Labute approximate surface area is 210 Å². The number of aromatic nitrogens is 1. The van der Waals surface area contributed by atoms with Gasteiger partial charge >= 0.3 is 35.5 Å². The summed E-state index contributed by atoms with van der Waals surface area (Å²) < 4.78 is 4.97. The van der Waals surface area contributed by atoms with Gasteiger partial charge in [0.1, 0.15) is 11.6 Å². The number of hydrogen-bond donors (Lipinski definition) is 3. The number of nitrogen functional groups attached to an aromatic ring is 1. The minimum Gasteiger partial charge on any atom is -0.545 e. The van der Waals surface area contributed by atoms with Crippen LogP contribution in [-0.2, 0) is 14.3 Å². The number of esters is 1. The van der Waals surface area contributed by atoms with Gasteiger partial charge in [0.2, 0.25) is 0 Å². The molecule has 9 nitrogen and oxygen atoms in total. The Morgan fingerprint density at radius 2 is 1.88 bits per heavy atom. The number of phenolic OH excluding ortho intramolecular Hbond substituents is 1. The van der Waals surface area contributed by atoms with Gasteiger partial charge in [-0.2, -0.15) is 0 Å². The number of anilines is 2. The predicted molar refractivity (Wildman–Crippen MR) is 113 cm³/mol. The SMILES string of the molecule is Nc1nc(-c2ccccc2O)cc(-c2cccc(NC(=O)C3CCC(=O)O3)c2)c1C(=O)[O-].[Na+]. The number of amides is 1. The van der Waals surface area contributed by atoms with E-state index < -0.39 is 23.9 Å². The van der Waals surface area contributed by atoms with Crippen LogP contribution in [0.25, 0.3) is 22.4 Å². The number of carbonyl (C=O) groups is 3. The number of nitrogens with one attached hydrogen (secondary N) is 1. The Kier molecular flexibility index (Phi) is 7.37. The maximum absolute atomic E-state index is 12.4. The number of nitrogens with two attached hydrogens (primary N) is 1.